The van der Waals surface area contributed by atoms with Crippen LogP contribution in [0.15, 0.2) is 57.6 Å². The van der Waals surface area contributed by atoms with Crippen LogP contribution in [0.25, 0.3) is 10.8 Å². The number of ketones is 1. The monoisotopic (exact) mass is 314 g/mol. The first kappa shape index (κ1) is 12.2. The number of halogens is 1. The summed E-state index contributed by atoms with van der Waals surface area (Å²) in [6.45, 7) is 1.87. The van der Waals surface area contributed by atoms with Gasteiger partial charge in [0.1, 0.15) is 0 Å². The SMILES string of the molecule is Cc1ccoc1C(=O)c1ccc(Br)c2ccccc12. The van der Waals surface area contributed by atoms with E-state index < -0.39 is 0 Å². The first-order valence-electron chi connectivity index (χ1n) is 5.94. The molecular weight excluding hydrogens is 304 g/mol. The lowest BCUT2D eigenvalue weighted by atomic mass is 9.99. The molecule has 1 aromatic heterocycles. The third kappa shape index (κ3) is 2.00. The zero-order chi connectivity index (χ0) is 13.4. The molecule has 0 N–H and O–H groups in total. The van der Waals surface area contributed by atoms with Gasteiger partial charge >= 0.3 is 0 Å². The van der Waals surface area contributed by atoms with Crippen LogP contribution in [0.2, 0.25) is 0 Å². The van der Waals surface area contributed by atoms with Crippen molar-refractivity contribution in [3.63, 3.8) is 0 Å². The minimum absolute atomic E-state index is 0.0776. The molecule has 3 rings (SSSR count). The largest absolute Gasteiger partial charge is 0.461 e. The molecule has 0 atom stereocenters. The summed E-state index contributed by atoms with van der Waals surface area (Å²) in [5.74, 6) is 0.332. The molecule has 0 saturated carbocycles. The summed E-state index contributed by atoms with van der Waals surface area (Å²) in [5, 5.41) is 1.95. The van der Waals surface area contributed by atoms with Crippen LogP contribution in [0, 0.1) is 6.92 Å². The van der Waals surface area contributed by atoms with E-state index in [1.54, 1.807) is 12.3 Å². The lowest BCUT2D eigenvalue weighted by Crippen LogP contribution is -2.02. The molecule has 0 aliphatic rings. The molecule has 0 amide bonds. The van der Waals surface area contributed by atoms with Crippen molar-refractivity contribution < 1.29 is 9.21 Å². The van der Waals surface area contributed by atoms with E-state index in [9.17, 15) is 4.79 Å². The van der Waals surface area contributed by atoms with Crippen molar-refractivity contribution in [2.75, 3.05) is 0 Å². The summed E-state index contributed by atoms with van der Waals surface area (Å²) in [5.41, 5.74) is 1.52. The predicted molar refractivity (Wildman–Crippen MR) is 78.5 cm³/mol. The van der Waals surface area contributed by atoms with Crippen molar-refractivity contribution in [1.29, 1.82) is 0 Å². The minimum Gasteiger partial charge on any atom is -0.461 e. The van der Waals surface area contributed by atoms with E-state index in [0.29, 0.717) is 11.3 Å². The molecule has 0 spiro atoms. The smallest absolute Gasteiger partial charge is 0.229 e. The van der Waals surface area contributed by atoms with Crippen LogP contribution in [-0.2, 0) is 0 Å². The Morgan fingerprint density at radius 1 is 1.05 bits per heavy atom. The molecule has 2 aromatic carbocycles. The van der Waals surface area contributed by atoms with Crippen molar-refractivity contribution >= 4 is 32.5 Å². The lowest BCUT2D eigenvalue weighted by molar-refractivity contribution is 0.101. The lowest BCUT2D eigenvalue weighted by Gasteiger charge is -2.06. The normalized spacial score (nSPS) is 10.8. The Kier molecular flexibility index (Phi) is 2.99. The molecule has 0 saturated heterocycles. The maximum atomic E-state index is 12.5. The molecule has 0 unspecified atom stereocenters. The predicted octanol–water partition coefficient (Wildman–Crippen LogP) is 4.73. The molecule has 3 heteroatoms. The highest BCUT2D eigenvalue weighted by atomic mass is 79.9. The van der Waals surface area contributed by atoms with Gasteiger partial charge < -0.3 is 4.42 Å². The van der Waals surface area contributed by atoms with E-state index in [1.165, 1.54) is 0 Å². The summed E-state index contributed by atoms with van der Waals surface area (Å²) in [7, 11) is 0. The molecule has 0 aliphatic heterocycles. The van der Waals surface area contributed by atoms with Crippen LogP contribution in [0.1, 0.15) is 21.7 Å². The fraction of sp³-hybridized carbons (Fsp3) is 0.0625. The molecule has 94 valence electrons. The number of carbonyl (C=O) groups is 1. The highest BCUT2D eigenvalue weighted by molar-refractivity contribution is 9.10. The number of rotatable bonds is 2. The summed E-state index contributed by atoms with van der Waals surface area (Å²) >= 11 is 3.51. The average molecular weight is 315 g/mol. The van der Waals surface area contributed by atoms with Crippen molar-refractivity contribution in [2.45, 2.75) is 6.92 Å². The molecule has 1 heterocycles. The molecule has 0 fully saturated rings. The van der Waals surface area contributed by atoms with Gasteiger partial charge in [0, 0.05) is 10.0 Å². The number of hydrogen-bond donors (Lipinski definition) is 0. The van der Waals surface area contributed by atoms with Gasteiger partial charge in [-0.15, -0.1) is 0 Å². The highest BCUT2D eigenvalue weighted by Crippen LogP contribution is 2.28. The third-order valence-electron chi connectivity index (χ3n) is 3.18. The Hall–Kier alpha value is -1.87. The molecule has 2 nitrogen and oxygen atoms in total. The summed E-state index contributed by atoms with van der Waals surface area (Å²) in [6, 6.07) is 13.4. The minimum atomic E-state index is -0.0776. The highest BCUT2D eigenvalue weighted by Gasteiger charge is 2.18. The van der Waals surface area contributed by atoms with Gasteiger partial charge in [0.05, 0.1) is 6.26 Å². The molecule has 0 radical (unpaired) electrons. The van der Waals surface area contributed by atoms with Crippen LogP contribution < -0.4 is 0 Å². The Labute approximate surface area is 119 Å². The number of furan rings is 1. The fourth-order valence-electron chi connectivity index (χ4n) is 2.19. The zero-order valence-electron chi connectivity index (χ0n) is 10.3. The van der Waals surface area contributed by atoms with Crippen molar-refractivity contribution in [3.05, 3.63) is 70.1 Å². The second-order valence-electron chi connectivity index (χ2n) is 4.40. The zero-order valence-corrected chi connectivity index (χ0v) is 11.9. The maximum Gasteiger partial charge on any atom is 0.229 e. The van der Waals surface area contributed by atoms with Gasteiger partial charge in [0.25, 0.3) is 0 Å². The second kappa shape index (κ2) is 4.67. The fourth-order valence-corrected chi connectivity index (χ4v) is 2.67. The third-order valence-corrected chi connectivity index (χ3v) is 3.88. The van der Waals surface area contributed by atoms with Gasteiger partial charge in [-0.1, -0.05) is 40.2 Å². The van der Waals surface area contributed by atoms with Crippen LogP contribution >= 0.6 is 15.9 Å². The average Bonchev–Trinajstić information content (AvgIpc) is 2.85. The molecule has 19 heavy (non-hydrogen) atoms. The van der Waals surface area contributed by atoms with Gasteiger partial charge in [-0.25, -0.2) is 0 Å². The molecule has 3 aromatic rings. The standard InChI is InChI=1S/C16H11BrO2/c1-10-8-9-19-16(10)15(18)13-6-7-14(17)12-5-3-2-4-11(12)13/h2-9H,1H3. The van der Waals surface area contributed by atoms with E-state index in [-0.39, 0.29) is 5.78 Å². The number of hydrogen-bond acceptors (Lipinski definition) is 2. The van der Waals surface area contributed by atoms with Gasteiger partial charge in [-0.2, -0.15) is 0 Å². The van der Waals surface area contributed by atoms with E-state index in [0.717, 1.165) is 20.8 Å². The van der Waals surface area contributed by atoms with E-state index in [2.05, 4.69) is 15.9 Å². The topological polar surface area (TPSA) is 30.2 Å². The first-order chi connectivity index (χ1) is 9.18. The summed E-state index contributed by atoms with van der Waals surface area (Å²) in [4.78, 5) is 12.5. The van der Waals surface area contributed by atoms with Crippen LogP contribution in [0.3, 0.4) is 0 Å². The van der Waals surface area contributed by atoms with E-state index >= 15 is 0 Å². The van der Waals surface area contributed by atoms with E-state index in [1.807, 2.05) is 43.3 Å². The van der Waals surface area contributed by atoms with Crippen LogP contribution in [0.5, 0.6) is 0 Å². The van der Waals surface area contributed by atoms with Gasteiger partial charge in [0.15, 0.2) is 5.76 Å². The molecule has 0 aliphatic carbocycles. The first-order valence-corrected chi connectivity index (χ1v) is 6.74. The summed E-state index contributed by atoms with van der Waals surface area (Å²) < 4.78 is 6.28. The Bertz CT molecular complexity index is 771. The number of benzene rings is 2. The maximum absolute atomic E-state index is 12.5. The van der Waals surface area contributed by atoms with Crippen LogP contribution in [0.4, 0.5) is 0 Å². The number of fused-ring (bicyclic) bond motifs is 1. The Balaban J connectivity index is 2.24. The quantitative estimate of drug-likeness (QED) is 0.640. The Morgan fingerprint density at radius 3 is 2.47 bits per heavy atom. The van der Waals surface area contributed by atoms with E-state index in [4.69, 9.17) is 4.42 Å². The van der Waals surface area contributed by atoms with Crippen molar-refractivity contribution in [2.24, 2.45) is 0 Å². The number of carbonyl (C=O) groups excluding carboxylic acids is 1. The van der Waals surface area contributed by atoms with Crippen LogP contribution in [-0.4, -0.2) is 5.78 Å². The van der Waals surface area contributed by atoms with Crippen molar-refractivity contribution in [1.82, 2.24) is 0 Å². The van der Waals surface area contributed by atoms with Gasteiger partial charge in [-0.05, 0) is 41.5 Å². The molecular formula is C16H11BrO2. The van der Waals surface area contributed by atoms with Gasteiger partial charge in [0.2, 0.25) is 5.78 Å². The van der Waals surface area contributed by atoms with Crippen molar-refractivity contribution in [3.8, 4) is 0 Å². The number of aryl methyl sites for hydroxylation is 1. The Morgan fingerprint density at radius 2 is 1.79 bits per heavy atom. The van der Waals surface area contributed by atoms with Gasteiger partial charge in [-0.3, -0.25) is 4.79 Å². The summed E-state index contributed by atoms with van der Waals surface area (Å²) in [6.07, 6.45) is 1.55. The second-order valence-corrected chi connectivity index (χ2v) is 5.26. The molecule has 0 bridgehead atoms.